The number of furan rings is 2. The van der Waals surface area contributed by atoms with E-state index in [-0.39, 0.29) is 16.5 Å². The van der Waals surface area contributed by atoms with Gasteiger partial charge < -0.3 is 8.83 Å². The van der Waals surface area contributed by atoms with Crippen molar-refractivity contribution in [2.45, 2.75) is 40.9 Å². The molecule has 0 spiro atoms. The maximum absolute atomic E-state index is 8.31. The van der Waals surface area contributed by atoms with Crippen LogP contribution < -0.4 is 0 Å². The number of benzene rings is 3. The van der Waals surface area contributed by atoms with Gasteiger partial charge in [-0.15, -0.1) is 11.3 Å². The van der Waals surface area contributed by atoms with Crippen LogP contribution in [0.2, 0.25) is 0 Å². The lowest BCUT2D eigenvalue weighted by atomic mass is 9.86. The summed E-state index contributed by atoms with van der Waals surface area (Å²) in [5.74, 6) is 0. The van der Waals surface area contributed by atoms with Crippen LogP contribution in [0, 0.1) is 19.1 Å². The Morgan fingerprint density at radius 3 is 2.47 bits per heavy atom. The molecule has 0 bridgehead atoms. The molecule has 0 N–H and O–H groups in total. The van der Waals surface area contributed by atoms with Crippen molar-refractivity contribution in [2.24, 2.45) is 5.41 Å². The highest BCUT2D eigenvalue weighted by Crippen LogP contribution is 2.47. The predicted molar refractivity (Wildman–Crippen MR) is 152 cm³/mol. The lowest BCUT2D eigenvalue weighted by Crippen LogP contribution is -2.10. The molecule has 0 amide bonds. The summed E-state index contributed by atoms with van der Waals surface area (Å²) in [6, 6.07) is 17.1. The van der Waals surface area contributed by atoms with Crippen molar-refractivity contribution in [3.63, 3.8) is 0 Å². The van der Waals surface area contributed by atoms with Gasteiger partial charge in [-0.2, -0.15) is 0 Å². The molecule has 0 aliphatic heterocycles. The monoisotopic (exact) mass is 495 g/mol. The van der Waals surface area contributed by atoms with Gasteiger partial charge in [0.2, 0.25) is 0 Å². The number of rotatable bonds is 2. The topological polar surface area (TPSA) is 39.2 Å². The fourth-order valence-electron chi connectivity index (χ4n) is 5.18. The Bertz CT molecular complexity index is 2190. The molecule has 0 atom stereocenters. The molecule has 4 heteroatoms. The number of hydrogen-bond acceptors (Lipinski definition) is 4. The minimum absolute atomic E-state index is 0.137. The Labute approximate surface area is 221 Å². The van der Waals surface area contributed by atoms with Crippen molar-refractivity contribution < 1.29 is 17.1 Å². The van der Waals surface area contributed by atoms with Crippen LogP contribution in [0.25, 0.3) is 64.5 Å². The van der Waals surface area contributed by atoms with Gasteiger partial charge in [-0.25, -0.2) is 0 Å². The summed E-state index contributed by atoms with van der Waals surface area (Å²) in [6.07, 6.45) is 2.01. The molecule has 0 aliphatic carbocycles. The van der Waals surface area contributed by atoms with E-state index in [1.54, 1.807) is 17.4 Å². The van der Waals surface area contributed by atoms with Gasteiger partial charge in [-0.3, -0.25) is 4.98 Å². The lowest BCUT2D eigenvalue weighted by Gasteiger charge is -2.20. The minimum Gasteiger partial charge on any atom is -0.455 e. The zero-order chi connectivity index (χ0) is 29.8. The highest BCUT2D eigenvalue weighted by molar-refractivity contribution is 7.26. The van der Waals surface area contributed by atoms with Gasteiger partial charge in [0, 0.05) is 40.8 Å². The molecule has 0 radical (unpaired) electrons. The van der Waals surface area contributed by atoms with Crippen molar-refractivity contribution in [1.82, 2.24) is 4.98 Å². The molecule has 0 aliphatic rings. The molecule has 3 aromatic carbocycles. The molecular weight excluding hydrogens is 462 g/mol. The van der Waals surface area contributed by atoms with Gasteiger partial charge in [0.05, 0.1) is 15.8 Å². The average Bonchev–Trinajstić information content (AvgIpc) is 3.55. The number of aromatic nitrogens is 1. The maximum Gasteiger partial charge on any atom is 0.154 e. The van der Waals surface area contributed by atoms with Crippen LogP contribution >= 0.6 is 11.3 Å². The number of pyridine rings is 1. The second-order valence-corrected chi connectivity index (χ2v) is 11.7. The Hall–Kier alpha value is -3.63. The third-order valence-corrected chi connectivity index (χ3v) is 7.88. The quantitative estimate of drug-likeness (QED) is 0.239. The van der Waals surface area contributed by atoms with Gasteiger partial charge in [-0.05, 0) is 72.6 Å². The Kier molecular flexibility index (Phi) is 3.34. The normalized spacial score (nSPS) is 15.9. The summed E-state index contributed by atoms with van der Waals surface area (Å²) >= 11 is 1.55. The van der Waals surface area contributed by atoms with Crippen LogP contribution in [0.15, 0.2) is 69.6 Å². The van der Waals surface area contributed by atoms with E-state index in [9.17, 15) is 0 Å². The Balaban J connectivity index is 1.56. The lowest BCUT2D eigenvalue weighted by molar-refractivity contribution is 0.410. The summed E-state index contributed by atoms with van der Waals surface area (Å²) in [5, 5.41) is 3.01. The first-order chi connectivity index (χ1) is 19.7. The summed E-state index contributed by atoms with van der Waals surface area (Å²) in [6.45, 7) is 1.53. The number of aryl methyl sites for hydroxylation is 2. The van der Waals surface area contributed by atoms with E-state index in [2.05, 4.69) is 25.8 Å². The fourth-order valence-corrected chi connectivity index (χ4v) is 6.35. The van der Waals surface area contributed by atoms with Gasteiger partial charge in [-0.1, -0.05) is 45.0 Å². The SMILES string of the molecule is [2H]C([2H])([2H])c1cnc(-c2cccc3c2oc2c3cc(C([2H])([2H])[2H])c3oc4c5ccccc5sc4c32)cc1CC(C)(C)C. The summed E-state index contributed by atoms with van der Waals surface area (Å²) < 4.78 is 64.0. The first-order valence-electron chi connectivity index (χ1n) is 14.9. The van der Waals surface area contributed by atoms with E-state index in [0.29, 0.717) is 50.8 Å². The average molecular weight is 496 g/mol. The molecule has 7 aromatic rings. The van der Waals surface area contributed by atoms with E-state index in [4.69, 9.17) is 17.1 Å². The molecule has 0 fully saturated rings. The molecule has 178 valence electrons. The van der Waals surface area contributed by atoms with Gasteiger partial charge in [0.15, 0.2) is 5.58 Å². The largest absolute Gasteiger partial charge is 0.455 e. The van der Waals surface area contributed by atoms with E-state index in [1.165, 1.54) is 6.20 Å². The third kappa shape index (κ3) is 3.14. The zero-order valence-corrected chi connectivity index (χ0v) is 21.0. The van der Waals surface area contributed by atoms with Crippen molar-refractivity contribution >= 4 is 64.6 Å². The summed E-state index contributed by atoms with van der Waals surface area (Å²) in [4.78, 5) is 4.59. The van der Waals surface area contributed by atoms with E-state index in [1.807, 2.05) is 48.5 Å². The number of para-hydroxylation sites is 1. The molecule has 0 saturated heterocycles. The van der Waals surface area contributed by atoms with E-state index < -0.39 is 13.7 Å². The van der Waals surface area contributed by atoms with Gasteiger partial charge >= 0.3 is 0 Å². The van der Waals surface area contributed by atoms with Crippen molar-refractivity contribution in [3.8, 4) is 11.3 Å². The van der Waals surface area contributed by atoms with Crippen molar-refractivity contribution in [3.05, 3.63) is 77.5 Å². The van der Waals surface area contributed by atoms with Gasteiger partial charge in [0.25, 0.3) is 0 Å². The number of hydrogen-bond donors (Lipinski definition) is 0. The molecular formula is C32H27NO2S. The molecule has 0 unspecified atom stereocenters. The van der Waals surface area contributed by atoms with Crippen LogP contribution in [-0.4, -0.2) is 4.98 Å². The predicted octanol–water partition coefficient (Wildman–Crippen LogP) is 9.97. The highest BCUT2D eigenvalue weighted by atomic mass is 32.1. The maximum atomic E-state index is 8.31. The van der Waals surface area contributed by atoms with E-state index >= 15 is 0 Å². The first-order valence-corrected chi connectivity index (χ1v) is 12.7. The van der Waals surface area contributed by atoms with Crippen LogP contribution in [0.5, 0.6) is 0 Å². The van der Waals surface area contributed by atoms with Gasteiger partial charge in [0.1, 0.15) is 16.7 Å². The second kappa shape index (κ2) is 7.44. The molecule has 4 aromatic heterocycles. The standard InChI is InChI=1S/C32H27NO2S/c1-17-13-23-20-10-8-11-21(24-14-19(15-32(3,4)5)18(2)16-33-24)28(20)35-29(23)26-27(17)34-30-22-9-6-7-12-25(22)36-31(26)30/h6-14,16H,15H2,1-5H3/i1D3,2D3. The van der Waals surface area contributed by atoms with E-state index in [0.717, 1.165) is 25.7 Å². The number of fused-ring (bicyclic) bond motifs is 9. The summed E-state index contributed by atoms with van der Waals surface area (Å²) in [7, 11) is 0. The van der Waals surface area contributed by atoms with Crippen LogP contribution in [0.3, 0.4) is 0 Å². The first kappa shape index (κ1) is 16.2. The van der Waals surface area contributed by atoms with Crippen molar-refractivity contribution in [2.75, 3.05) is 0 Å². The third-order valence-electron chi connectivity index (χ3n) is 6.71. The fraction of sp³-hybridized carbons (Fsp3) is 0.219. The number of nitrogens with zero attached hydrogens (tertiary/aromatic N) is 1. The molecule has 7 rings (SSSR count). The molecule has 3 nitrogen and oxygen atoms in total. The zero-order valence-electron chi connectivity index (χ0n) is 26.2. The van der Waals surface area contributed by atoms with Crippen LogP contribution in [0.1, 0.15) is 45.7 Å². The highest BCUT2D eigenvalue weighted by Gasteiger charge is 2.23. The van der Waals surface area contributed by atoms with Crippen LogP contribution in [0.4, 0.5) is 0 Å². The Morgan fingerprint density at radius 1 is 0.833 bits per heavy atom. The molecule has 0 saturated carbocycles. The number of thiophene rings is 1. The minimum atomic E-state index is -2.40. The van der Waals surface area contributed by atoms with Crippen LogP contribution in [-0.2, 0) is 6.42 Å². The summed E-state index contributed by atoms with van der Waals surface area (Å²) in [5.41, 5.74) is 4.33. The smallest absolute Gasteiger partial charge is 0.154 e. The second-order valence-electron chi connectivity index (χ2n) is 10.6. The van der Waals surface area contributed by atoms with Crippen molar-refractivity contribution in [1.29, 1.82) is 0 Å². The Morgan fingerprint density at radius 2 is 1.64 bits per heavy atom. The molecule has 36 heavy (non-hydrogen) atoms. The molecule has 4 heterocycles.